The number of hydrogen-bond donors (Lipinski definition) is 1. The van der Waals surface area contributed by atoms with Gasteiger partial charge in [-0.15, -0.1) is 0 Å². The molecule has 1 N–H and O–H groups in total. The summed E-state index contributed by atoms with van der Waals surface area (Å²) in [7, 11) is 0. The molecule has 1 aromatic carbocycles. The van der Waals surface area contributed by atoms with Gasteiger partial charge in [-0.25, -0.2) is 4.39 Å². The first-order valence-corrected chi connectivity index (χ1v) is 8.68. The van der Waals surface area contributed by atoms with Gasteiger partial charge in [-0.05, 0) is 24.6 Å². The zero-order valence-electron chi connectivity index (χ0n) is 14.4. The van der Waals surface area contributed by atoms with Crippen LogP contribution in [0.2, 0.25) is 0 Å². The molecular formula is C18H24FN3O3. The van der Waals surface area contributed by atoms with Crippen molar-refractivity contribution in [1.29, 1.82) is 0 Å². The zero-order valence-corrected chi connectivity index (χ0v) is 14.4. The van der Waals surface area contributed by atoms with E-state index in [1.54, 1.807) is 24.0 Å². The molecule has 1 atom stereocenters. The standard InChI is InChI=1S/C18H24FN3O3/c1-13-2-3-16(15(19)10-13)22-12-14(11-17(22)24)18(25)21-6-4-20(5-7-21)8-9-23/h2-3,10,14,23H,4-9,11-12H2,1H3/t14-/m0/s1. The van der Waals surface area contributed by atoms with Gasteiger partial charge in [0.1, 0.15) is 5.82 Å². The first kappa shape index (κ1) is 17.8. The van der Waals surface area contributed by atoms with Crippen LogP contribution < -0.4 is 4.90 Å². The summed E-state index contributed by atoms with van der Waals surface area (Å²) in [5, 5.41) is 8.98. The Labute approximate surface area is 146 Å². The number of halogens is 1. The molecule has 7 heteroatoms. The number of nitrogens with zero attached hydrogens (tertiary/aromatic N) is 3. The molecule has 2 fully saturated rings. The minimum absolute atomic E-state index is 0.0352. The van der Waals surface area contributed by atoms with Gasteiger partial charge >= 0.3 is 0 Å². The van der Waals surface area contributed by atoms with Crippen LogP contribution in [0.3, 0.4) is 0 Å². The van der Waals surface area contributed by atoms with Crippen LogP contribution in [0.15, 0.2) is 18.2 Å². The Morgan fingerprint density at radius 3 is 2.64 bits per heavy atom. The van der Waals surface area contributed by atoms with Crippen molar-refractivity contribution >= 4 is 17.5 Å². The molecule has 25 heavy (non-hydrogen) atoms. The number of aliphatic hydroxyl groups is 1. The lowest BCUT2D eigenvalue weighted by Gasteiger charge is -2.35. The minimum Gasteiger partial charge on any atom is -0.395 e. The monoisotopic (exact) mass is 349 g/mol. The van der Waals surface area contributed by atoms with Gasteiger partial charge in [0, 0.05) is 45.7 Å². The molecule has 3 rings (SSSR count). The van der Waals surface area contributed by atoms with E-state index in [9.17, 15) is 14.0 Å². The van der Waals surface area contributed by atoms with Gasteiger partial charge in [0.25, 0.3) is 0 Å². The maximum absolute atomic E-state index is 14.2. The topological polar surface area (TPSA) is 64.1 Å². The second-order valence-electron chi connectivity index (χ2n) is 6.75. The lowest BCUT2D eigenvalue weighted by Crippen LogP contribution is -2.51. The summed E-state index contributed by atoms with van der Waals surface area (Å²) >= 11 is 0. The summed E-state index contributed by atoms with van der Waals surface area (Å²) in [6.45, 7) is 5.40. The smallest absolute Gasteiger partial charge is 0.228 e. The third kappa shape index (κ3) is 3.82. The molecule has 2 amide bonds. The Morgan fingerprint density at radius 2 is 2.00 bits per heavy atom. The van der Waals surface area contributed by atoms with E-state index in [2.05, 4.69) is 4.90 Å². The highest BCUT2D eigenvalue weighted by Crippen LogP contribution is 2.29. The maximum Gasteiger partial charge on any atom is 0.228 e. The molecular weight excluding hydrogens is 325 g/mol. The molecule has 0 spiro atoms. The average molecular weight is 349 g/mol. The SMILES string of the molecule is Cc1ccc(N2C[C@@H](C(=O)N3CCN(CCO)CC3)CC2=O)c(F)c1. The lowest BCUT2D eigenvalue weighted by molar-refractivity contribution is -0.137. The van der Waals surface area contributed by atoms with Crippen LogP contribution in [0.1, 0.15) is 12.0 Å². The zero-order chi connectivity index (χ0) is 18.0. The number of rotatable bonds is 4. The van der Waals surface area contributed by atoms with Gasteiger partial charge < -0.3 is 14.9 Å². The van der Waals surface area contributed by atoms with Crippen LogP contribution in [-0.2, 0) is 9.59 Å². The summed E-state index contributed by atoms with van der Waals surface area (Å²) in [4.78, 5) is 30.3. The van der Waals surface area contributed by atoms with Crippen LogP contribution in [-0.4, -0.2) is 72.6 Å². The van der Waals surface area contributed by atoms with Gasteiger partial charge in [0.2, 0.25) is 11.8 Å². The van der Waals surface area contributed by atoms with Gasteiger partial charge in [0.15, 0.2) is 0 Å². The Balaban J connectivity index is 1.63. The Bertz CT molecular complexity index is 659. The molecule has 0 bridgehead atoms. The molecule has 0 radical (unpaired) electrons. The van der Waals surface area contributed by atoms with Crippen molar-refractivity contribution in [1.82, 2.24) is 9.80 Å². The van der Waals surface area contributed by atoms with Crippen molar-refractivity contribution in [2.24, 2.45) is 5.92 Å². The van der Waals surface area contributed by atoms with E-state index < -0.39 is 11.7 Å². The summed E-state index contributed by atoms with van der Waals surface area (Å²) in [5.41, 5.74) is 1.04. The predicted octanol–water partition coefficient (Wildman–Crippen LogP) is 0.624. The fourth-order valence-corrected chi connectivity index (χ4v) is 3.53. The van der Waals surface area contributed by atoms with Crippen molar-refractivity contribution in [2.45, 2.75) is 13.3 Å². The quantitative estimate of drug-likeness (QED) is 0.866. The fourth-order valence-electron chi connectivity index (χ4n) is 3.53. The van der Waals surface area contributed by atoms with E-state index in [-0.39, 0.29) is 37.1 Å². The lowest BCUT2D eigenvalue weighted by atomic mass is 10.1. The molecule has 0 aliphatic carbocycles. The third-order valence-corrected chi connectivity index (χ3v) is 4.97. The van der Waals surface area contributed by atoms with Crippen molar-refractivity contribution < 1.29 is 19.1 Å². The van der Waals surface area contributed by atoms with E-state index >= 15 is 0 Å². The Kier molecular flexibility index (Phi) is 5.34. The number of anilines is 1. The van der Waals surface area contributed by atoms with Gasteiger partial charge in [0.05, 0.1) is 18.2 Å². The number of piperazine rings is 1. The van der Waals surface area contributed by atoms with Crippen LogP contribution in [0.25, 0.3) is 0 Å². The average Bonchev–Trinajstić information content (AvgIpc) is 2.97. The molecule has 2 saturated heterocycles. The van der Waals surface area contributed by atoms with E-state index in [1.807, 2.05) is 0 Å². The van der Waals surface area contributed by atoms with Crippen molar-refractivity contribution in [2.75, 3.05) is 50.8 Å². The third-order valence-electron chi connectivity index (χ3n) is 4.97. The number of hydrogen-bond acceptors (Lipinski definition) is 4. The minimum atomic E-state index is -0.431. The van der Waals surface area contributed by atoms with E-state index in [1.165, 1.54) is 11.0 Å². The Morgan fingerprint density at radius 1 is 1.28 bits per heavy atom. The number of amides is 2. The van der Waals surface area contributed by atoms with Crippen LogP contribution in [0, 0.1) is 18.7 Å². The largest absolute Gasteiger partial charge is 0.395 e. The van der Waals surface area contributed by atoms with Crippen molar-refractivity contribution in [3.63, 3.8) is 0 Å². The number of carbonyl (C=O) groups excluding carboxylic acids is 2. The van der Waals surface area contributed by atoms with Gasteiger partial charge in [-0.2, -0.15) is 0 Å². The molecule has 2 heterocycles. The number of benzene rings is 1. The highest BCUT2D eigenvalue weighted by Gasteiger charge is 2.38. The highest BCUT2D eigenvalue weighted by molar-refractivity contribution is 6.00. The van der Waals surface area contributed by atoms with E-state index in [4.69, 9.17) is 5.11 Å². The number of aliphatic hydroxyl groups excluding tert-OH is 1. The van der Waals surface area contributed by atoms with E-state index in [0.717, 1.165) is 18.7 Å². The normalized spacial score (nSPS) is 21.9. The Hall–Kier alpha value is -1.99. The van der Waals surface area contributed by atoms with Crippen LogP contribution in [0.5, 0.6) is 0 Å². The molecule has 0 unspecified atom stereocenters. The van der Waals surface area contributed by atoms with Crippen LogP contribution in [0.4, 0.5) is 10.1 Å². The number of aryl methyl sites for hydroxylation is 1. The van der Waals surface area contributed by atoms with Crippen LogP contribution >= 0.6 is 0 Å². The van der Waals surface area contributed by atoms with Gasteiger partial charge in [-0.3, -0.25) is 14.5 Å². The second kappa shape index (κ2) is 7.49. The fraction of sp³-hybridized carbons (Fsp3) is 0.556. The summed E-state index contributed by atoms with van der Waals surface area (Å²) in [6.07, 6.45) is 0.128. The van der Waals surface area contributed by atoms with E-state index in [0.29, 0.717) is 19.6 Å². The summed E-state index contributed by atoms with van der Waals surface area (Å²) < 4.78 is 14.2. The maximum atomic E-state index is 14.2. The number of carbonyl (C=O) groups is 2. The van der Waals surface area contributed by atoms with Crippen molar-refractivity contribution in [3.8, 4) is 0 Å². The molecule has 2 aliphatic heterocycles. The first-order chi connectivity index (χ1) is 12.0. The molecule has 1 aromatic rings. The molecule has 136 valence electrons. The molecule has 0 aromatic heterocycles. The molecule has 2 aliphatic rings. The summed E-state index contributed by atoms with van der Waals surface area (Å²) in [5.74, 6) is -1.09. The van der Waals surface area contributed by atoms with Crippen molar-refractivity contribution in [3.05, 3.63) is 29.6 Å². The molecule has 0 saturated carbocycles. The predicted molar refractivity (Wildman–Crippen MR) is 91.7 cm³/mol. The second-order valence-corrected chi connectivity index (χ2v) is 6.75. The summed E-state index contributed by atoms with van der Waals surface area (Å²) in [6, 6.07) is 4.77. The highest BCUT2D eigenvalue weighted by atomic mass is 19.1. The first-order valence-electron chi connectivity index (χ1n) is 8.68. The molecule has 6 nitrogen and oxygen atoms in total. The number of β-amino-alcohol motifs (C(OH)–C–C–N with tert-alkyl or cyclic N) is 1. The van der Waals surface area contributed by atoms with Gasteiger partial charge in [-0.1, -0.05) is 6.07 Å².